The molecule has 10 heteroatoms. The maximum Gasteiger partial charge on any atom is 0.240 e. The van der Waals surface area contributed by atoms with Crippen molar-refractivity contribution in [2.24, 2.45) is 0 Å². The molecule has 0 saturated carbocycles. The van der Waals surface area contributed by atoms with Crippen molar-refractivity contribution >= 4 is 29.2 Å². The van der Waals surface area contributed by atoms with Crippen molar-refractivity contribution in [2.75, 3.05) is 29.9 Å². The van der Waals surface area contributed by atoms with Gasteiger partial charge in [-0.1, -0.05) is 11.2 Å². The Bertz CT molecular complexity index is 926. The first-order valence-electron chi connectivity index (χ1n) is 10.1. The van der Waals surface area contributed by atoms with Crippen molar-refractivity contribution in [3.63, 3.8) is 0 Å². The van der Waals surface area contributed by atoms with Gasteiger partial charge in [-0.15, -0.1) is 0 Å². The molecule has 3 amide bonds. The molecule has 31 heavy (non-hydrogen) atoms. The molecule has 1 aromatic carbocycles. The number of aromatic nitrogens is 1. The standard InChI is InChI=1S/C21H25FN4O5/c1-14-10-18(25-31-14)24-19(27)7-8-21(29)26(16-5-2-4-15(22)11-16)13-20(28)23-12-17-6-3-9-30-17/h2,4-5,10-11,17H,3,6-9,12-13H2,1H3,(H,23,28)(H,24,25,27)/t17-/m0/s1. The molecule has 1 aliphatic heterocycles. The fourth-order valence-corrected chi connectivity index (χ4v) is 3.19. The lowest BCUT2D eigenvalue weighted by atomic mass is 10.2. The number of nitrogens with zero attached hydrogens (tertiary/aromatic N) is 2. The molecule has 1 aliphatic rings. The summed E-state index contributed by atoms with van der Waals surface area (Å²) >= 11 is 0. The number of benzene rings is 1. The zero-order chi connectivity index (χ0) is 22.2. The average molecular weight is 432 g/mol. The van der Waals surface area contributed by atoms with Gasteiger partial charge in [0.25, 0.3) is 0 Å². The quantitative estimate of drug-likeness (QED) is 0.628. The third-order valence-electron chi connectivity index (χ3n) is 4.73. The Morgan fingerprint density at radius 3 is 2.74 bits per heavy atom. The van der Waals surface area contributed by atoms with E-state index < -0.39 is 23.5 Å². The van der Waals surface area contributed by atoms with Gasteiger partial charge in [-0.3, -0.25) is 14.4 Å². The topological polar surface area (TPSA) is 114 Å². The molecule has 2 aromatic rings. The van der Waals surface area contributed by atoms with Crippen LogP contribution in [0.5, 0.6) is 0 Å². The Morgan fingerprint density at radius 1 is 1.23 bits per heavy atom. The van der Waals surface area contributed by atoms with E-state index in [1.165, 1.54) is 29.2 Å². The number of halogens is 1. The number of aryl methyl sites for hydroxylation is 1. The van der Waals surface area contributed by atoms with E-state index in [2.05, 4.69) is 15.8 Å². The van der Waals surface area contributed by atoms with Gasteiger partial charge in [0, 0.05) is 37.7 Å². The molecule has 0 radical (unpaired) electrons. The van der Waals surface area contributed by atoms with Crippen molar-refractivity contribution in [3.8, 4) is 0 Å². The summed E-state index contributed by atoms with van der Waals surface area (Å²) < 4.78 is 24.0. The largest absolute Gasteiger partial charge is 0.376 e. The van der Waals surface area contributed by atoms with Gasteiger partial charge >= 0.3 is 0 Å². The number of hydrogen-bond donors (Lipinski definition) is 2. The van der Waals surface area contributed by atoms with Gasteiger partial charge < -0.3 is 24.8 Å². The minimum Gasteiger partial charge on any atom is -0.376 e. The fourth-order valence-electron chi connectivity index (χ4n) is 3.19. The second kappa shape index (κ2) is 10.7. The molecule has 3 rings (SSSR count). The van der Waals surface area contributed by atoms with Gasteiger partial charge in [0.1, 0.15) is 18.1 Å². The summed E-state index contributed by atoms with van der Waals surface area (Å²) in [6, 6.07) is 6.96. The summed E-state index contributed by atoms with van der Waals surface area (Å²) in [6.45, 7) is 2.42. The highest BCUT2D eigenvalue weighted by molar-refractivity contribution is 6.01. The summed E-state index contributed by atoms with van der Waals surface area (Å²) in [6.07, 6.45) is 1.48. The highest BCUT2D eigenvalue weighted by Crippen LogP contribution is 2.18. The molecule has 1 saturated heterocycles. The zero-order valence-electron chi connectivity index (χ0n) is 17.2. The van der Waals surface area contributed by atoms with Gasteiger partial charge in [0.15, 0.2) is 5.82 Å². The smallest absolute Gasteiger partial charge is 0.240 e. The van der Waals surface area contributed by atoms with Crippen LogP contribution in [0.2, 0.25) is 0 Å². The summed E-state index contributed by atoms with van der Waals surface area (Å²) in [5.74, 6) is -1.04. The molecule has 0 spiro atoms. The normalized spacial score (nSPS) is 15.5. The van der Waals surface area contributed by atoms with Crippen LogP contribution in [0, 0.1) is 12.7 Å². The number of nitrogens with one attached hydrogen (secondary N) is 2. The predicted molar refractivity (Wildman–Crippen MR) is 110 cm³/mol. The summed E-state index contributed by atoms with van der Waals surface area (Å²) in [7, 11) is 0. The van der Waals surface area contributed by atoms with E-state index in [4.69, 9.17) is 9.26 Å². The van der Waals surface area contributed by atoms with Gasteiger partial charge in [0.2, 0.25) is 17.7 Å². The molecule has 0 unspecified atom stereocenters. The molecule has 0 aliphatic carbocycles. The molecule has 9 nitrogen and oxygen atoms in total. The third-order valence-corrected chi connectivity index (χ3v) is 4.73. The SMILES string of the molecule is Cc1cc(NC(=O)CCC(=O)N(CC(=O)NC[C@@H]2CCCO2)c2cccc(F)c2)no1. The first-order valence-corrected chi connectivity index (χ1v) is 10.1. The van der Waals surface area contributed by atoms with Crippen molar-refractivity contribution < 1.29 is 28.0 Å². The highest BCUT2D eigenvalue weighted by Gasteiger charge is 2.22. The molecular weight excluding hydrogens is 407 g/mol. The van der Waals surface area contributed by atoms with Crippen LogP contribution in [0.3, 0.4) is 0 Å². The lowest BCUT2D eigenvalue weighted by Crippen LogP contribution is -2.43. The lowest BCUT2D eigenvalue weighted by molar-refractivity contribution is -0.125. The molecule has 0 bridgehead atoms. The maximum absolute atomic E-state index is 13.7. The van der Waals surface area contributed by atoms with Crippen molar-refractivity contribution in [1.82, 2.24) is 10.5 Å². The minimum absolute atomic E-state index is 0.0360. The second-order valence-electron chi connectivity index (χ2n) is 7.27. The van der Waals surface area contributed by atoms with Gasteiger partial charge in [0.05, 0.1) is 6.10 Å². The second-order valence-corrected chi connectivity index (χ2v) is 7.27. The Labute approximate surface area is 178 Å². The number of hydrogen-bond acceptors (Lipinski definition) is 6. The molecule has 2 N–H and O–H groups in total. The summed E-state index contributed by atoms with van der Waals surface area (Å²) in [4.78, 5) is 38.5. The van der Waals surface area contributed by atoms with E-state index in [1.807, 2.05) is 0 Å². The number of ether oxygens (including phenoxy) is 1. The van der Waals surface area contributed by atoms with Crippen LogP contribution < -0.4 is 15.5 Å². The van der Waals surface area contributed by atoms with E-state index in [0.717, 1.165) is 12.8 Å². The first-order chi connectivity index (χ1) is 14.9. The van der Waals surface area contributed by atoms with Gasteiger partial charge in [-0.2, -0.15) is 0 Å². The van der Waals surface area contributed by atoms with Crippen LogP contribution in [0.1, 0.15) is 31.4 Å². The fraction of sp³-hybridized carbons (Fsp3) is 0.429. The van der Waals surface area contributed by atoms with Crippen LogP contribution in [0.15, 0.2) is 34.9 Å². The number of amides is 3. The van der Waals surface area contributed by atoms with Crippen LogP contribution in [-0.4, -0.2) is 48.7 Å². The summed E-state index contributed by atoms with van der Waals surface area (Å²) in [5.41, 5.74) is 0.241. The van der Waals surface area contributed by atoms with E-state index >= 15 is 0 Å². The summed E-state index contributed by atoms with van der Waals surface area (Å²) in [5, 5.41) is 8.94. The van der Waals surface area contributed by atoms with Gasteiger partial charge in [-0.05, 0) is 38.0 Å². The molecule has 2 heterocycles. The van der Waals surface area contributed by atoms with Crippen LogP contribution >= 0.6 is 0 Å². The lowest BCUT2D eigenvalue weighted by Gasteiger charge is -2.23. The van der Waals surface area contributed by atoms with E-state index in [-0.39, 0.29) is 37.0 Å². The van der Waals surface area contributed by atoms with Crippen LogP contribution in [0.4, 0.5) is 15.9 Å². The predicted octanol–water partition coefficient (Wildman–Crippen LogP) is 2.17. The Balaban J connectivity index is 1.58. The first kappa shape index (κ1) is 22.4. The van der Waals surface area contributed by atoms with E-state index in [0.29, 0.717) is 18.9 Å². The third kappa shape index (κ3) is 6.88. The molecule has 1 aromatic heterocycles. The molecule has 1 fully saturated rings. The Hall–Kier alpha value is -3.27. The number of rotatable bonds is 9. The molecule has 1 atom stereocenters. The van der Waals surface area contributed by atoms with Crippen molar-refractivity contribution in [1.29, 1.82) is 0 Å². The van der Waals surface area contributed by atoms with Crippen LogP contribution in [-0.2, 0) is 19.1 Å². The zero-order valence-corrected chi connectivity index (χ0v) is 17.2. The van der Waals surface area contributed by atoms with Gasteiger partial charge in [-0.25, -0.2) is 4.39 Å². The highest BCUT2D eigenvalue weighted by atomic mass is 19.1. The van der Waals surface area contributed by atoms with E-state index in [1.54, 1.807) is 13.0 Å². The number of carbonyl (C=O) groups is 3. The Morgan fingerprint density at radius 2 is 2.06 bits per heavy atom. The minimum atomic E-state index is -0.533. The Kier molecular flexibility index (Phi) is 7.71. The number of anilines is 2. The average Bonchev–Trinajstić information content (AvgIpc) is 3.40. The monoisotopic (exact) mass is 432 g/mol. The van der Waals surface area contributed by atoms with E-state index in [9.17, 15) is 18.8 Å². The van der Waals surface area contributed by atoms with Crippen molar-refractivity contribution in [3.05, 3.63) is 41.9 Å². The maximum atomic E-state index is 13.7. The van der Waals surface area contributed by atoms with Crippen LogP contribution in [0.25, 0.3) is 0 Å². The molecule has 166 valence electrons. The van der Waals surface area contributed by atoms with Crippen molar-refractivity contribution in [2.45, 2.75) is 38.7 Å². The number of carbonyl (C=O) groups excluding carboxylic acids is 3. The molecular formula is C21H25FN4O5.